The van der Waals surface area contributed by atoms with Gasteiger partial charge in [-0.25, -0.2) is 0 Å². The van der Waals surface area contributed by atoms with Crippen LogP contribution in [-0.2, 0) is 0 Å². The first kappa shape index (κ1) is 8.64. The number of rotatable bonds is 2. The SMILES string of the molecule is C=CC(/C=C(\C)C#N)=NC. The molecule has 52 valence electrons. The van der Waals surface area contributed by atoms with Crippen molar-refractivity contribution in [2.75, 3.05) is 7.05 Å². The van der Waals surface area contributed by atoms with E-state index in [0.717, 1.165) is 5.71 Å². The maximum absolute atomic E-state index is 8.37. The molecule has 10 heavy (non-hydrogen) atoms. The van der Waals surface area contributed by atoms with Gasteiger partial charge in [0.25, 0.3) is 0 Å². The second-order valence-electron chi connectivity index (χ2n) is 1.79. The quantitative estimate of drug-likeness (QED) is 0.418. The van der Waals surface area contributed by atoms with Gasteiger partial charge >= 0.3 is 0 Å². The van der Waals surface area contributed by atoms with Crippen molar-refractivity contribution in [1.82, 2.24) is 0 Å². The number of hydrogen-bond acceptors (Lipinski definition) is 2. The minimum absolute atomic E-state index is 0.639. The smallest absolute Gasteiger partial charge is 0.0944 e. The molecule has 0 aromatic carbocycles. The monoisotopic (exact) mass is 134 g/mol. The highest BCUT2D eigenvalue weighted by Gasteiger charge is 1.86. The van der Waals surface area contributed by atoms with Gasteiger partial charge in [-0.1, -0.05) is 6.58 Å². The van der Waals surface area contributed by atoms with Crippen LogP contribution in [0.5, 0.6) is 0 Å². The topological polar surface area (TPSA) is 36.1 Å². The van der Waals surface area contributed by atoms with Gasteiger partial charge in [-0.05, 0) is 19.1 Å². The van der Waals surface area contributed by atoms with E-state index in [2.05, 4.69) is 11.6 Å². The number of aliphatic imine (C=N–C) groups is 1. The highest BCUT2D eigenvalue weighted by atomic mass is 14.7. The van der Waals surface area contributed by atoms with Crippen LogP contribution in [0.2, 0.25) is 0 Å². The van der Waals surface area contributed by atoms with Gasteiger partial charge in [-0.2, -0.15) is 5.26 Å². The zero-order valence-electron chi connectivity index (χ0n) is 6.26. The van der Waals surface area contributed by atoms with Gasteiger partial charge in [-0.3, -0.25) is 4.99 Å². The zero-order valence-corrected chi connectivity index (χ0v) is 6.26. The summed E-state index contributed by atoms with van der Waals surface area (Å²) in [7, 11) is 1.66. The predicted octanol–water partition coefficient (Wildman–Crippen LogP) is 1.71. The molecule has 0 saturated heterocycles. The molecule has 0 N–H and O–H groups in total. The third-order valence-electron chi connectivity index (χ3n) is 1.01. The molecular formula is C8H10N2. The van der Waals surface area contributed by atoms with Crippen molar-refractivity contribution in [3.8, 4) is 6.07 Å². The second kappa shape index (κ2) is 4.51. The fourth-order valence-corrected chi connectivity index (χ4v) is 0.469. The molecule has 0 unspecified atom stereocenters. The van der Waals surface area contributed by atoms with Crippen LogP contribution in [0.25, 0.3) is 0 Å². The Morgan fingerprint density at radius 1 is 1.70 bits per heavy atom. The lowest BCUT2D eigenvalue weighted by Crippen LogP contribution is -1.86. The van der Waals surface area contributed by atoms with Gasteiger partial charge in [-0.15, -0.1) is 0 Å². The normalized spacial score (nSPS) is 12.5. The third-order valence-corrected chi connectivity index (χ3v) is 1.01. The van der Waals surface area contributed by atoms with E-state index in [9.17, 15) is 0 Å². The van der Waals surface area contributed by atoms with Crippen LogP contribution in [0.15, 0.2) is 29.3 Å². The summed E-state index contributed by atoms with van der Waals surface area (Å²) in [5.41, 5.74) is 1.37. The lowest BCUT2D eigenvalue weighted by atomic mass is 10.2. The molecule has 0 aliphatic rings. The van der Waals surface area contributed by atoms with Crippen molar-refractivity contribution in [2.45, 2.75) is 6.92 Å². The molecule has 0 aliphatic heterocycles. The van der Waals surface area contributed by atoms with E-state index in [1.165, 1.54) is 0 Å². The molecule has 0 saturated carbocycles. The summed E-state index contributed by atoms with van der Waals surface area (Å²) in [6, 6.07) is 2.00. The molecule has 0 aliphatic carbocycles. The summed E-state index contributed by atoms with van der Waals surface area (Å²) in [5.74, 6) is 0. The Hall–Kier alpha value is -1.36. The molecule has 2 nitrogen and oxygen atoms in total. The van der Waals surface area contributed by atoms with Gasteiger partial charge in [0.15, 0.2) is 0 Å². The Morgan fingerprint density at radius 2 is 2.30 bits per heavy atom. The van der Waals surface area contributed by atoms with Crippen molar-refractivity contribution in [3.63, 3.8) is 0 Å². The van der Waals surface area contributed by atoms with Crippen LogP contribution in [-0.4, -0.2) is 12.8 Å². The molecule has 0 amide bonds. The van der Waals surface area contributed by atoms with Crippen molar-refractivity contribution in [3.05, 3.63) is 24.3 Å². The summed E-state index contributed by atoms with van der Waals surface area (Å²) >= 11 is 0. The van der Waals surface area contributed by atoms with Crippen molar-refractivity contribution in [2.24, 2.45) is 4.99 Å². The molecule has 2 heteroatoms. The zero-order chi connectivity index (χ0) is 7.98. The predicted molar refractivity (Wildman–Crippen MR) is 42.9 cm³/mol. The summed E-state index contributed by atoms with van der Waals surface area (Å²) in [4.78, 5) is 3.87. The van der Waals surface area contributed by atoms with E-state index >= 15 is 0 Å². The van der Waals surface area contributed by atoms with Crippen LogP contribution in [0.3, 0.4) is 0 Å². The Kier molecular flexibility index (Phi) is 3.90. The van der Waals surface area contributed by atoms with Gasteiger partial charge in [0.2, 0.25) is 0 Å². The lowest BCUT2D eigenvalue weighted by molar-refractivity contribution is 1.42. The standard InChI is InChI=1S/C8H10N2/c1-4-8(10-3)5-7(2)6-9/h4-5H,1H2,2-3H3/b7-5+,10-8?. The fraction of sp³-hybridized carbons (Fsp3) is 0.250. The average Bonchev–Trinajstić information content (AvgIpc) is 1.99. The molecule has 0 atom stereocenters. The van der Waals surface area contributed by atoms with Crippen LogP contribution >= 0.6 is 0 Å². The Morgan fingerprint density at radius 3 is 2.60 bits per heavy atom. The molecule has 0 rings (SSSR count). The van der Waals surface area contributed by atoms with Crippen molar-refractivity contribution < 1.29 is 0 Å². The van der Waals surface area contributed by atoms with Crippen molar-refractivity contribution >= 4 is 5.71 Å². The fourth-order valence-electron chi connectivity index (χ4n) is 0.469. The lowest BCUT2D eigenvalue weighted by Gasteiger charge is -1.87. The number of hydrogen-bond donors (Lipinski definition) is 0. The first-order valence-corrected chi connectivity index (χ1v) is 2.92. The van der Waals surface area contributed by atoms with Crippen LogP contribution in [0.4, 0.5) is 0 Å². The summed E-state index contributed by atoms with van der Waals surface area (Å²) in [6.45, 7) is 5.27. The van der Waals surface area contributed by atoms with Crippen LogP contribution in [0.1, 0.15) is 6.92 Å². The van der Waals surface area contributed by atoms with E-state index < -0.39 is 0 Å². The molecule has 0 fully saturated rings. The molecular weight excluding hydrogens is 124 g/mol. The van der Waals surface area contributed by atoms with E-state index in [4.69, 9.17) is 5.26 Å². The Bertz CT molecular complexity index is 216. The van der Waals surface area contributed by atoms with E-state index in [0.29, 0.717) is 5.57 Å². The average molecular weight is 134 g/mol. The van der Waals surface area contributed by atoms with Gasteiger partial charge in [0.1, 0.15) is 0 Å². The minimum Gasteiger partial charge on any atom is -0.289 e. The summed E-state index contributed by atoms with van der Waals surface area (Å²) in [6.07, 6.45) is 3.30. The van der Waals surface area contributed by atoms with E-state index in [1.54, 1.807) is 26.1 Å². The Balaban J connectivity index is 4.41. The summed E-state index contributed by atoms with van der Waals surface area (Å²) in [5, 5.41) is 8.37. The van der Waals surface area contributed by atoms with Gasteiger partial charge in [0.05, 0.1) is 11.8 Å². The third kappa shape index (κ3) is 2.83. The molecule has 0 heterocycles. The second-order valence-corrected chi connectivity index (χ2v) is 1.79. The number of allylic oxidation sites excluding steroid dienone is 3. The van der Waals surface area contributed by atoms with E-state index in [-0.39, 0.29) is 0 Å². The largest absolute Gasteiger partial charge is 0.289 e. The maximum atomic E-state index is 8.37. The maximum Gasteiger partial charge on any atom is 0.0944 e. The molecule has 0 aromatic rings. The Labute approximate surface area is 61.2 Å². The number of nitrogens with zero attached hydrogens (tertiary/aromatic N) is 2. The number of nitriles is 1. The molecule has 0 radical (unpaired) electrons. The minimum atomic E-state index is 0.639. The summed E-state index contributed by atoms with van der Waals surface area (Å²) < 4.78 is 0. The molecule has 0 aromatic heterocycles. The van der Waals surface area contributed by atoms with Crippen LogP contribution in [0, 0.1) is 11.3 Å². The van der Waals surface area contributed by atoms with Crippen LogP contribution < -0.4 is 0 Å². The van der Waals surface area contributed by atoms with Gasteiger partial charge in [0, 0.05) is 12.6 Å². The first-order chi connectivity index (χ1) is 4.74. The highest BCUT2D eigenvalue weighted by molar-refractivity contribution is 6.04. The van der Waals surface area contributed by atoms with Crippen molar-refractivity contribution in [1.29, 1.82) is 5.26 Å². The highest BCUT2D eigenvalue weighted by Crippen LogP contribution is 1.91. The molecule has 0 bridgehead atoms. The first-order valence-electron chi connectivity index (χ1n) is 2.92. The van der Waals surface area contributed by atoms with Gasteiger partial charge < -0.3 is 0 Å². The van der Waals surface area contributed by atoms with E-state index in [1.807, 2.05) is 6.07 Å². The molecule has 0 spiro atoms.